The summed E-state index contributed by atoms with van der Waals surface area (Å²) in [5, 5.41) is 0. The molecule has 0 amide bonds. The topological polar surface area (TPSA) is 78.3 Å². The summed E-state index contributed by atoms with van der Waals surface area (Å²) in [5.41, 5.74) is 12.1. The molecule has 0 spiro atoms. The Balaban J connectivity index is 2.35. The molecule has 16 heavy (non-hydrogen) atoms. The molecule has 88 valence electrons. The van der Waals surface area contributed by atoms with E-state index in [0.29, 0.717) is 6.42 Å². The number of hydrogen-bond acceptors (Lipinski definition) is 4. The molecule has 0 aliphatic carbocycles. The second kappa shape index (κ2) is 6.25. The van der Waals surface area contributed by atoms with Crippen LogP contribution in [0.1, 0.15) is 18.9 Å². The lowest BCUT2D eigenvalue weighted by Gasteiger charge is -2.13. The maximum atomic E-state index is 11.4. The lowest BCUT2D eigenvalue weighted by Crippen LogP contribution is -2.37. The number of benzene rings is 1. The molecule has 1 rings (SSSR count). The highest BCUT2D eigenvalue weighted by atomic mass is 16.5. The van der Waals surface area contributed by atoms with E-state index in [1.54, 1.807) is 0 Å². The molecule has 0 fully saturated rings. The van der Waals surface area contributed by atoms with Crippen molar-refractivity contribution in [1.82, 2.24) is 0 Å². The van der Waals surface area contributed by atoms with Crippen LogP contribution >= 0.6 is 0 Å². The third-order valence-corrected chi connectivity index (χ3v) is 2.15. The van der Waals surface area contributed by atoms with Crippen molar-refractivity contribution in [3.63, 3.8) is 0 Å². The normalized spacial score (nSPS) is 14.2. The molecule has 1 aromatic rings. The van der Waals surface area contributed by atoms with Gasteiger partial charge in [0.25, 0.3) is 0 Å². The van der Waals surface area contributed by atoms with Gasteiger partial charge in [-0.3, -0.25) is 4.79 Å². The summed E-state index contributed by atoms with van der Waals surface area (Å²) in [5.74, 6) is -0.402. The van der Waals surface area contributed by atoms with Crippen molar-refractivity contribution in [3.05, 3.63) is 35.9 Å². The van der Waals surface area contributed by atoms with Gasteiger partial charge in [-0.1, -0.05) is 30.3 Å². The Kier molecular flexibility index (Phi) is 4.95. The maximum Gasteiger partial charge on any atom is 0.323 e. The first kappa shape index (κ1) is 12.7. The van der Waals surface area contributed by atoms with Crippen molar-refractivity contribution in [1.29, 1.82) is 0 Å². The van der Waals surface area contributed by atoms with E-state index < -0.39 is 12.0 Å². The molecule has 2 atom stereocenters. The Morgan fingerprint density at radius 3 is 2.50 bits per heavy atom. The molecule has 0 saturated carbocycles. The third-order valence-electron chi connectivity index (χ3n) is 2.15. The van der Waals surface area contributed by atoms with Gasteiger partial charge in [-0.2, -0.15) is 0 Å². The minimum Gasteiger partial charge on any atom is -0.460 e. The second-order valence-electron chi connectivity index (χ2n) is 3.91. The van der Waals surface area contributed by atoms with Gasteiger partial charge in [0.1, 0.15) is 12.6 Å². The minimum atomic E-state index is -0.635. The first-order valence-electron chi connectivity index (χ1n) is 5.31. The van der Waals surface area contributed by atoms with Gasteiger partial charge >= 0.3 is 5.97 Å². The van der Waals surface area contributed by atoms with E-state index in [9.17, 15) is 4.79 Å². The summed E-state index contributed by atoms with van der Waals surface area (Å²) in [7, 11) is 0. The second-order valence-corrected chi connectivity index (χ2v) is 3.91. The Morgan fingerprint density at radius 1 is 1.31 bits per heavy atom. The molecule has 0 aliphatic rings. The molecular weight excluding hydrogens is 204 g/mol. The van der Waals surface area contributed by atoms with Crippen molar-refractivity contribution >= 4 is 5.97 Å². The summed E-state index contributed by atoms with van der Waals surface area (Å²) in [6.07, 6.45) is 0.438. The molecule has 1 aromatic carbocycles. The van der Waals surface area contributed by atoms with Gasteiger partial charge in [0.05, 0.1) is 0 Å². The molecule has 4 N–H and O–H groups in total. The quantitative estimate of drug-likeness (QED) is 0.722. The van der Waals surface area contributed by atoms with E-state index in [1.165, 1.54) is 0 Å². The summed E-state index contributed by atoms with van der Waals surface area (Å²) < 4.78 is 5.07. The summed E-state index contributed by atoms with van der Waals surface area (Å²) in [6.45, 7) is 2.07. The largest absolute Gasteiger partial charge is 0.460 e. The zero-order chi connectivity index (χ0) is 12.0. The van der Waals surface area contributed by atoms with Gasteiger partial charge in [0.2, 0.25) is 0 Å². The lowest BCUT2D eigenvalue weighted by atomic mass is 10.1. The van der Waals surface area contributed by atoms with Gasteiger partial charge in [0, 0.05) is 6.04 Å². The SMILES string of the molecule is C[C@H](N)C[C@H](N)C(=O)OCc1ccccc1. The van der Waals surface area contributed by atoms with E-state index in [1.807, 2.05) is 37.3 Å². The fraction of sp³-hybridized carbons (Fsp3) is 0.417. The molecule has 0 heterocycles. The van der Waals surface area contributed by atoms with Crippen molar-refractivity contribution in [2.75, 3.05) is 0 Å². The van der Waals surface area contributed by atoms with Crippen LogP contribution in [0.25, 0.3) is 0 Å². The Bertz CT molecular complexity index is 325. The van der Waals surface area contributed by atoms with Gasteiger partial charge < -0.3 is 16.2 Å². The number of rotatable bonds is 5. The van der Waals surface area contributed by atoms with Crippen LogP contribution in [0, 0.1) is 0 Å². The summed E-state index contributed by atoms with van der Waals surface area (Å²) in [4.78, 5) is 11.4. The zero-order valence-electron chi connectivity index (χ0n) is 9.43. The number of carbonyl (C=O) groups excluding carboxylic acids is 1. The number of ether oxygens (including phenoxy) is 1. The fourth-order valence-corrected chi connectivity index (χ4v) is 1.33. The predicted molar refractivity (Wildman–Crippen MR) is 62.5 cm³/mol. The van der Waals surface area contributed by atoms with Crippen LogP contribution in [0.4, 0.5) is 0 Å². The van der Waals surface area contributed by atoms with Crippen LogP contribution < -0.4 is 11.5 Å². The minimum absolute atomic E-state index is 0.0979. The Morgan fingerprint density at radius 2 is 1.94 bits per heavy atom. The predicted octanol–water partition coefficient (Wildman–Crippen LogP) is 0.794. The van der Waals surface area contributed by atoms with Crippen LogP contribution in [0.15, 0.2) is 30.3 Å². The van der Waals surface area contributed by atoms with E-state index in [-0.39, 0.29) is 12.6 Å². The van der Waals surface area contributed by atoms with Gasteiger partial charge in [-0.15, -0.1) is 0 Å². The van der Waals surface area contributed by atoms with Crippen LogP contribution in [-0.2, 0) is 16.1 Å². The number of esters is 1. The standard InChI is InChI=1S/C12H18N2O2/c1-9(13)7-11(14)12(15)16-8-10-5-3-2-4-6-10/h2-6,9,11H,7-8,13-14H2,1H3/t9-,11-/m0/s1. The van der Waals surface area contributed by atoms with Crippen LogP contribution in [0.5, 0.6) is 0 Å². The average Bonchev–Trinajstić information content (AvgIpc) is 2.26. The summed E-state index contributed by atoms with van der Waals surface area (Å²) >= 11 is 0. The molecule has 4 nitrogen and oxygen atoms in total. The molecule has 0 aliphatic heterocycles. The van der Waals surface area contributed by atoms with Crippen molar-refractivity contribution in [3.8, 4) is 0 Å². The monoisotopic (exact) mass is 222 g/mol. The zero-order valence-corrected chi connectivity index (χ0v) is 9.43. The van der Waals surface area contributed by atoms with Crippen LogP contribution in [-0.4, -0.2) is 18.1 Å². The molecular formula is C12H18N2O2. The van der Waals surface area contributed by atoms with E-state index in [4.69, 9.17) is 16.2 Å². The highest BCUT2D eigenvalue weighted by molar-refractivity contribution is 5.75. The van der Waals surface area contributed by atoms with Crippen molar-refractivity contribution < 1.29 is 9.53 Å². The summed E-state index contributed by atoms with van der Waals surface area (Å²) in [6, 6.07) is 8.75. The lowest BCUT2D eigenvalue weighted by molar-refractivity contribution is -0.146. The Hall–Kier alpha value is -1.39. The number of hydrogen-bond donors (Lipinski definition) is 2. The third kappa shape index (κ3) is 4.42. The van der Waals surface area contributed by atoms with Crippen molar-refractivity contribution in [2.24, 2.45) is 11.5 Å². The van der Waals surface area contributed by atoms with Crippen LogP contribution in [0.2, 0.25) is 0 Å². The average molecular weight is 222 g/mol. The molecule has 0 aromatic heterocycles. The first-order valence-corrected chi connectivity index (χ1v) is 5.31. The Labute approximate surface area is 95.6 Å². The van der Waals surface area contributed by atoms with Crippen LogP contribution in [0.3, 0.4) is 0 Å². The van der Waals surface area contributed by atoms with E-state index >= 15 is 0 Å². The highest BCUT2D eigenvalue weighted by Crippen LogP contribution is 2.03. The number of carbonyl (C=O) groups is 1. The van der Waals surface area contributed by atoms with E-state index in [2.05, 4.69) is 0 Å². The molecule has 0 unspecified atom stereocenters. The molecule has 0 radical (unpaired) electrons. The van der Waals surface area contributed by atoms with Crippen molar-refractivity contribution in [2.45, 2.75) is 32.0 Å². The highest BCUT2D eigenvalue weighted by Gasteiger charge is 2.16. The van der Waals surface area contributed by atoms with Gasteiger partial charge in [-0.05, 0) is 18.9 Å². The molecule has 4 heteroatoms. The maximum absolute atomic E-state index is 11.4. The smallest absolute Gasteiger partial charge is 0.323 e. The first-order chi connectivity index (χ1) is 7.59. The van der Waals surface area contributed by atoms with Gasteiger partial charge in [0.15, 0.2) is 0 Å². The number of nitrogens with two attached hydrogens (primary N) is 2. The molecule has 0 bridgehead atoms. The molecule has 0 saturated heterocycles. The van der Waals surface area contributed by atoms with Gasteiger partial charge in [-0.25, -0.2) is 0 Å². The van der Waals surface area contributed by atoms with E-state index in [0.717, 1.165) is 5.56 Å². The fourth-order valence-electron chi connectivity index (χ4n) is 1.33.